The fraction of sp³-hybridized carbons (Fsp3) is 0.346. The lowest BCUT2D eigenvalue weighted by molar-refractivity contribution is 0.0939. The van der Waals surface area contributed by atoms with Gasteiger partial charge in [-0.3, -0.25) is 9.59 Å². The first-order valence-corrected chi connectivity index (χ1v) is 11.9. The summed E-state index contributed by atoms with van der Waals surface area (Å²) in [6.07, 6.45) is 3.55. The van der Waals surface area contributed by atoms with Gasteiger partial charge in [-0.2, -0.15) is 0 Å². The Hall–Kier alpha value is -3.32. The third-order valence-electron chi connectivity index (χ3n) is 7.00. The number of hydrogen-bond donors (Lipinski definition) is 2. The number of amides is 1. The van der Waals surface area contributed by atoms with Crippen LogP contribution in [0.15, 0.2) is 45.7 Å². The van der Waals surface area contributed by atoms with E-state index in [2.05, 4.69) is 10.5 Å². The first-order valence-electron chi connectivity index (χ1n) is 11.5. The maximum absolute atomic E-state index is 13.6. The van der Waals surface area contributed by atoms with Crippen LogP contribution in [-0.2, 0) is 0 Å². The highest BCUT2D eigenvalue weighted by Gasteiger charge is 2.28. The van der Waals surface area contributed by atoms with Crippen molar-refractivity contribution in [3.63, 3.8) is 0 Å². The summed E-state index contributed by atoms with van der Waals surface area (Å²) >= 11 is 6.54. The molecule has 1 amide bonds. The van der Waals surface area contributed by atoms with Crippen LogP contribution in [0, 0.1) is 19.8 Å². The van der Waals surface area contributed by atoms with Crippen molar-refractivity contribution in [1.29, 1.82) is 0 Å². The molecule has 4 aromatic rings. The quantitative estimate of drug-likeness (QED) is 0.415. The van der Waals surface area contributed by atoms with Crippen molar-refractivity contribution >= 4 is 39.3 Å². The van der Waals surface area contributed by atoms with Crippen LogP contribution in [0.25, 0.3) is 21.8 Å². The van der Waals surface area contributed by atoms with E-state index in [-0.39, 0.29) is 29.2 Å². The Kier molecular flexibility index (Phi) is 5.81. The predicted octanol–water partition coefficient (Wildman–Crippen LogP) is 5.28. The number of aromatic nitrogens is 2. The SMILES string of the molecule is Cc1c(O)cccc1C(=O)NCC1CCCC(n2c(=O)c3c(C)onc3c3c(Cl)cccc32)C1. The van der Waals surface area contributed by atoms with Gasteiger partial charge in [-0.15, -0.1) is 0 Å². The van der Waals surface area contributed by atoms with E-state index in [1.807, 2.05) is 16.7 Å². The number of aromatic hydroxyl groups is 1. The molecular weight excluding hydrogens is 454 g/mol. The lowest BCUT2D eigenvalue weighted by Crippen LogP contribution is -2.35. The van der Waals surface area contributed by atoms with Gasteiger partial charge in [0.15, 0.2) is 0 Å². The molecule has 2 N–H and O–H groups in total. The van der Waals surface area contributed by atoms with Gasteiger partial charge in [-0.25, -0.2) is 0 Å². The summed E-state index contributed by atoms with van der Waals surface area (Å²) in [4.78, 5) is 26.3. The van der Waals surface area contributed by atoms with Crippen molar-refractivity contribution in [3.05, 3.63) is 68.7 Å². The lowest BCUT2D eigenvalue weighted by Gasteiger charge is -2.31. The molecule has 34 heavy (non-hydrogen) atoms. The van der Waals surface area contributed by atoms with Crippen molar-refractivity contribution < 1.29 is 14.4 Å². The van der Waals surface area contributed by atoms with Crippen LogP contribution in [0.2, 0.25) is 5.02 Å². The Morgan fingerprint density at radius 3 is 2.82 bits per heavy atom. The Bertz CT molecular complexity index is 1470. The van der Waals surface area contributed by atoms with Gasteiger partial charge in [0.05, 0.1) is 10.5 Å². The Labute approximate surface area is 201 Å². The van der Waals surface area contributed by atoms with E-state index in [4.69, 9.17) is 16.1 Å². The number of phenolic OH excluding ortho intramolecular Hbond substituents is 1. The van der Waals surface area contributed by atoms with Crippen LogP contribution in [0.3, 0.4) is 0 Å². The molecule has 0 bridgehead atoms. The van der Waals surface area contributed by atoms with Gasteiger partial charge in [-0.1, -0.05) is 35.3 Å². The molecule has 0 aliphatic heterocycles. The monoisotopic (exact) mass is 479 g/mol. The van der Waals surface area contributed by atoms with Crippen LogP contribution in [0.1, 0.15) is 53.4 Å². The summed E-state index contributed by atoms with van der Waals surface area (Å²) in [7, 11) is 0. The molecule has 8 heteroatoms. The molecule has 1 saturated carbocycles. The standard InChI is InChI=1S/C26H26ClN3O4/c1-14-18(8-4-11-21(14)31)25(32)28-13-16-6-3-7-17(12-16)30-20-10-5-9-19(27)23(20)24-22(26(30)33)15(2)34-29-24/h4-5,8-11,16-17,31H,3,6-7,12-13H2,1-2H3,(H,28,32). The minimum absolute atomic E-state index is 0.0228. The molecule has 2 aromatic carbocycles. The molecule has 0 radical (unpaired) electrons. The summed E-state index contributed by atoms with van der Waals surface area (Å²) in [6.45, 7) is 3.98. The number of benzene rings is 2. The first-order chi connectivity index (χ1) is 16.4. The van der Waals surface area contributed by atoms with E-state index in [1.165, 1.54) is 0 Å². The molecule has 7 nitrogen and oxygen atoms in total. The third kappa shape index (κ3) is 3.74. The fourth-order valence-electron chi connectivity index (χ4n) is 5.22. The zero-order chi connectivity index (χ0) is 24.0. The van der Waals surface area contributed by atoms with Gasteiger partial charge >= 0.3 is 0 Å². The van der Waals surface area contributed by atoms with Crippen LogP contribution < -0.4 is 10.9 Å². The van der Waals surface area contributed by atoms with Crippen molar-refractivity contribution in [2.75, 3.05) is 6.54 Å². The molecule has 2 unspecified atom stereocenters. The second kappa shape index (κ2) is 8.80. The first kappa shape index (κ1) is 22.5. The number of nitrogens with zero attached hydrogens (tertiary/aromatic N) is 2. The summed E-state index contributed by atoms with van der Waals surface area (Å²) in [5.41, 5.74) is 2.17. The number of rotatable bonds is 4. The van der Waals surface area contributed by atoms with Gasteiger partial charge in [0.25, 0.3) is 11.5 Å². The van der Waals surface area contributed by atoms with Crippen LogP contribution >= 0.6 is 11.6 Å². The second-order valence-electron chi connectivity index (χ2n) is 9.12. The topological polar surface area (TPSA) is 97.4 Å². The number of pyridine rings is 1. The van der Waals surface area contributed by atoms with E-state index in [9.17, 15) is 14.7 Å². The third-order valence-corrected chi connectivity index (χ3v) is 7.32. The normalized spacial score (nSPS) is 18.4. The lowest BCUT2D eigenvalue weighted by atomic mass is 9.85. The maximum atomic E-state index is 13.6. The van der Waals surface area contributed by atoms with Gasteiger partial charge in [-0.05, 0) is 63.3 Å². The molecule has 1 aliphatic carbocycles. The summed E-state index contributed by atoms with van der Waals surface area (Å²) in [5, 5.41) is 18.8. The zero-order valence-corrected chi connectivity index (χ0v) is 19.9. The average Bonchev–Trinajstić information content (AvgIpc) is 3.21. The highest BCUT2D eigenvalue weighted by Crippen LogP contribution is 2.37. The second-order valence-corrected chi connectivity index (χ2v) is 9.52. The zero-order valence-electron chi connectivity index (χ0n) is 19.1. The molecule has 176 valence electrons. The van der Waals surface area contributed by atoms with Crippen molar-refractivity contribution in [2.45, 2.75) is 45.6 Å². The number of carbonyl (C=O) groups is 1. The highest BCUT2D eigenvalue weighted by atomic mass is 35.5. The van der Waals surface area contributed by atoms with Crippen molar-refractivity contribution in [2.24, 2.45) is 5.92 Å². The molecule has 2 heterocycles. The van der Waals surface area contributed by atoms with E-state index in [0.29, 0.717) is 39.4 Å². The van der Waals surface area contributed by atoms with Crippen LogP contribution in [0.4, 0.5) is 0 Å². The average molecular weight is 480 g/mol. The van der Waals surface area contributed by atoms with Crippen molar-refractivity contribution in [3.8, 4) is 5.75 Å². The molecular formula is C26H26ClN3O4. The molecule has 0 saturated heterocycles. The fourth-order valence-corrected chi connectivity index (χ4v) is 5.48. The number of halogens is 1. The number of hydrogen-bond acceptors (Lipinski definition) is 5. The van der Waals surface area contributed by atoms with E-state index in [0.717, 1.165) is 36.6 Å². The molecule has 1 aliphatic rings. The van der Waals surface area contributed by atoms with E-state index in [1.54, 1.807) is 38.1 Å². The predicted molar refractivity (Wildman–Crippen MR) is 132 cm³/mol. The minimum atomic E-state index is -0.202. The highest BCUT2D eigenvalue weighted by molar-refractivity contribution is 6.37. The van der Waals surface area contributed by atoms with E-state index >= 15 is 0 Å². The number of nitrogens with one attached hydrogen (secondary N) is 1. The smallest absolute Gasteiger partial charge is 0.264 e. The Morgan fingerprint density at radius 2 is 2.00 bits per heavy atom. The molecule has 5 rings (SSSR count). The van der Waals surface area contributed by atoms with Crippen LogP contribution in [-0.4, -0.2) is 27.3 Å². The van der Waals surface area contributed by atoms with Crippen LogP contribution in [0.5, 0.6) is 5.75 Å². The maximum Gasteiger partial charge on any atom is 0.264 e. The summed E-state index contributed by atoms with van der Waals surface area (Å²) in [5.74, 6) is 0.610. The number of fused-ring (bicyclic) bond motifs is 3. The summed E-state index contributed by atoms with van der Waals surface area (Å²) < 4.78 is 7.21. The van der Waals surface area contributed by atoms with Gasteiger partial charge < -0.3 is 19.5 Å². The Balaban J connectivity index is 1.44. The van der Waals surface area contributed by atoms with Gasteiger partial charge in [0, 0.05) is 29.1 Å². The number of phenols is 1. The molecule has 1 fully saturated rings. The van der Waals surface area contributed by atoms with E-state index < -0.39 is 0 Å². The van der Waals surface area contributed by atoms with Crippen molar-refractivity contribution in [1.82, 2.24) is 15.0 Å². The van der Waals surface area contributed by atoms with Gasteiger partial charge in [0.2, 0.25) is 0 Å². The number of aryl methyl sites for hydroxylation is 1. The number of carbonyl (C=O) groups excluding carboxylic acids is 1. The largest absolute Gasteiger partial charge is 0.508 e. The molecule has 0 spiro atoms. The summed E-state index contributed by atoms with van der Waals surface area (Å²) in [6, 6.07) is 10.5. The van der Waals surface area contributed by atoms with Gasteiger partial charge in [0.1, 0.15) is 22.4 Å². The molecule has 2 atom stereocenters. The molecule has 2 aromatic heterocycles. The minimum Gasteiger partial charge on any atom is -0.508 e. The Morgan fingerprint density at radius 1 is 1.21 bits per heavy atom.